The van der Waals surface area contributed by atoms with E-state index in [1.807, 2.05) is 0 Å². The zero-order valence-corrected chi connectivity index (χ0v) is 15.8. The number of fused-ring (bicyclic) bond motifs is 1. The van der Waals surface area contributed by atoms with Gasteiger partial charge in [-0.1, -0.05) is 0 Å². The molecule has 2 aromatic carbocycles. The smallest absolute Gasteiger partial charge is 0.261 e. The van der Waals surface area contributed by atoms with Gasteiger partial charge in [-0.2, -0.15) is 0 Å². The molecule has 0 unspecified atom stereocenters. The predicted octanol–water partition coefficient (Wildman–Crippen LogP) is 2.99. The maximum absolute atomic E-state index is 12.7. The summed E-state index contributed by atoms with van der Waals surface area (Å²) >= 11 is 0. The van der Waals surface area contributed by atoms with E-state index in [9.17, 15) is 18.0 Å². The lowest BCUT2D eigenvalue weighted by Crippen LogP contribution is -2.31. The second-order valence-corrected chi connectivity index (χ2v) is 8.75. The molecule has 0 atom stereocenters. The number of amides is 1. The Morgan fingerprint density at radius 1 is 1.07 bits per heavy atom. The highest BCUT2D eigenvalue weighted by Gasteiger charge is 2.30. The Hall–Kier alpha value is -2.67. The number of nitrogens with zero attached hydrogens (tertiary/aromatic N) is 1. The Morgan fingerprint density at radius 3 is 2.44 bits per heavy atom. The van der Waals surface area contributed by atoms with Crippen LogP contribution in [0.3, 0.4) is 0 Å². The van der Waals surface area contributed by atoms with Crippen molar-refractivity contribution < 1.29 is 18.0 Å². The molecule has 0 saturated heterocycles. The second-order valence-electron chi connectivity index (χ2n) is 7.06. The van der Waals surface area contributed by atoms with Crippen LogP contribution in [-0.2, 0) is 21.2 Å². The molecule has 1 N–H and O–H groups in total. The molecule has 1 heterocycles. The van der Waals surface area contributed by atoms with E-state index in [2.05, 4.69) is 4.72 Å². The van der Waals surface area contributed by atoms with Crippen LogP contribution in [0.5, 0.6) is 0 Å². The molecule has 0 spiro atoms. The molecule has 140 valence electrons. The number of anilines is 2. The van der Waals surface area contributed by atoms with Crippen molar-refractivity contribution in [1.82, 2.24) is 0 Å². The molecular weight excluding hydrogens is 364 g/mol. The molecule has 1 saturated carbocycles. The van der Waals surface area contributed by atoms with E-state index in [4.69, 9.17) is 0 Å². The highest BCUT2D eigenvalue weighted by Crippen LogP contribution is 2.33. The quantitative estimate of drug-likeness (QED) is 0.804. The minimum atomic E-state index is -3.75. The van der Waals surface area contributed by atoms with E-state index in [1.165, 1.54) is 6.07 Å². The molecule has 2 aromatic rings. The van der Waals surface area contributed by atoms with Gasteiger partial charge in [-0.05, 0) is 67.3 Å². The average Bonchev–Trinajstić information content (AvgIpc) is 3.49. The Kier molecular flexibility index (Phi) is 4.26. The summed E-state index contributed by atoms with van der Waals surface area (Å²) in [6, 6.07) is 11.3. The second kappa shape index (κ2) is 6.49. The number of ketones is 1. The van der Waals surface area contributed by atoms with Crippen LogP contribution in [0.4, 0.5) is 11.4 Å². The summed E-state index contributed by atoms with van der Waals surface area (Å²) in [5.41, 5.74) is 2.60. The number of hydrogen-bond donors (Lipinski definition) is 1. The van der Waals surface area contributed by atoms with Crippen LogP contribution >= 0.6 is 0 Å². The van der Waals surface area contributed by atoms with Crippen LogP contribution in [0.2, 0.25) is 0 Å². The molecule has 6 nitrogen and oxygen atoms in total. The zero-order chi connectivity index (χ0) is 19.2. The van der Waals surface area contributed by atoms with Gasteiger partial charge in [0.1, 0.15) is 0 Å². The van der Waals surface area contributed by atoms with Gasteiger partial charge in [-0.25, -0.2) is 8.42 Å². The zero-order valence-electron chi connectivity index (χ0n) is 14.9. The Balaban J connectivity index is 1.55. The van der Waals surface area contributed by atoms with Crippen molar-refractivity contribution in [3.63, 3.8) is 0 Å². The van der Waals surface area contributed by atoms with E-state index in [0.717, 1.165) is 24.1 Å². The van der Waals surface area contributed by atoms with Crippen LogP contribution in [0, 0.1) is 5.92 Å². The number of nitrogens with one attached hydrogen (secondary N) is 1. The Morgan fingerprint density at radius 2 is 1.78 bits per heavy atom. The number of aryl methyl sites for hydroxylation is 1. The highest BCUT2D eigenvalue weighted by molar-refractivity contribution is 7.92. The van der Waals surface area contributed by atoms with Gasteiger partial charge in [0.15, 0.2) is 5.78 Å². The molecule has 0 bridgehead atoms. The Bertz CT molecular complexity index is 1020. The van der Waals surface area contributed by atoms with Crippen LogP contribution < -0.4 is 9.62 Å². The van der Waals surface area contributed by atoms with Crippen molar-refractivity contribution in [2.75, 3.05) is 16.7 Å². The summed E-state index contributed by atoms with van der Waals surface area (Å²) in [5.74, 6) is 0.280. The third-order valence-electron chi connectivity index (χ3n) is 5.07. The maximum Gasteiger partial charge on any atom is 0.261 e. The minimum absolute atomic E-state index is 0.0251. The molecule has 0 radical (unpaired) electrons. The molecule has 2 aliphatic rings. The van der Waals surface area contributed by atoms with E-state index in [0.29, 0.717) is 24.1 Å². The fraction of sp³-hybridized carbons (Fsp3) is 0.300. The highest BCUT2D eigenvalue weighted by atomic mass is 32.2. The number of sulfonamides is 1. The summed E-state index contributed by atoms with van der Waals surface area (Å²) < 4.78 is 28.0. The number of Topliss-reactive ketones (excluding diaryl/α,β-unsaturated/α-hetero) is 1. The summed E-state index contributed by atoms with van der Waals surface area (Å²) in [5, 5.41) is 0. The molecule has 27 heavy (non-hydrogen) atoms. The first kappa shape index (κ1) is 17.7. The number of benzene rings is 2. The summed E-state index contributed by atoms with van der Waals surface area (Å²) in [4.78, 5) is 25.5. The largest absolute Gasteiger partial charge is 0.315 e. The average molecular weight is 384 g/mol. The monoisotopic (exact) mass is 384 g/mol. The number of carbonyl (C=O) groups is 2. The lowest BCUT2D eigenvalue weighted by molar-refractivity contribution is -0.118. The van der Waals surface area contributed by atoms with E-state index >= 15 is 0 Å². The molecule has 1 amide bonds. The predicted molar refractivity (Wildman–Crippen MR) is 102 cm³/mol. The van der Waals surface area contributed by atoms with E-state index in [-0.39, 0.29) is 22.5 Å². The van der Waals surface area contributed by atoms with Gasteiger partial charge in [0.05, 0.1) is 4.90 Å². The Labute approximate surface area is 158 Å². The van der Waals surface area contributed by atoms with Crippen molar-refractivity contribution in [2.24, 2.45) is 5.92 Å². The van der Waals surface area contributed by atoms with E-state index in [1.54, 1.807) is 48.3 Å². The van der Waals surface area contributed by atoms with Crippen LogP contribution in [0.25, 0.3) is 0 Å². The molecule has 1 aliphatic carbocycles. The van der Waals surface area contributed by atoms with Gasteiger partial charge < -0.3 is 4.90 Å². The van der Waals surface area contributed by atoms with Gasteiger partial charge in [0, 0.05) is 36.3 Å². The van der Waals surface area contributed by atoms with Crippen LogP contribution in [0.1, 0.15) is 35.2 Å². The van der Waals surface area contributed by atoms with Crippen molar-refractivity contribution >= 4 is 33.1 Å². The number of hydrogen-bond acceptors (Lipinski definition) is 4. The third kappa shape index (κ3) is 3.47. The van der Waals surface area contributed by atoms with Crippen LogP contribution in [0.15, 0.2) is 47.4 Å². The lowest BCUT2D eigenvalue weighted by Gasteiger charge is -2.26. The van der Waals surface area contributed by atoms with Crippen molar-refractivity contribution in [1.29, 1.82) is 0 Å². The maximum atomic E-state index is 12.7. The van der Waals surface area contributed by atoms with Gasteiger partial charge in [-0.3, -0.25) is 14.3 Å². The normalized spacial score (nSPS) is 16.8. The lowest BCUT2D eigenvalue weighted by atomic mass is 10.0. The van der Waals surface area contributed by atoms with E-state index < -0.39 is 10.0 Å². The molecule has 4 rings (SSSR count). The summed E-state index contributed by atoms with van der Waals surface area (Å²) in [6.07, 6.45) is 2.77. The summed E-state index contributed by atoms with van der Waals surface area (Å²) in [6.45, 7) is 0. The number of rotatable bonds is 5. The van der Waals surface area contributed by atoms with Gasteiger partial charge >= 0.3 is 0 Å². The van der Waals surface area contributed by atoms with Gasteiger partial charge in [0.2, 0.25) is 5.91 Å². The topological polar surface area (TPSA) is 83.6 Å². The molecular formula is C20H20N2O4S. The third-order valence-corrected chi connectivity index (χ3v) is 6.45. The fourth-order valence-electron chi connectivity index (χ4n) is 3.30. The van der Waals surface area contributed by atoms with Crippen LogP contribution in [-0.4, -0.2) is 27.2 Å². The van der Waals surface area contributed by atoms with Crippen molar-refractivity contribution in [3.8, 4) is 0 Å². The molecule has 1 aliphatic heterocycles. The first-order chi connectivity index (χ1) is 12.8. The minimum Gasteiger partial charge on any atom is -0.315 e. The molecule has 0 aromatic heterocycles. The van der Waals surface area contributed by atoms with Gasteiger partial charge in [0.25, 0.3) is 10.0 Å². The SMILES string of the molecule is CN1C(=O)CCc2cc(S(=O)(=O)Nc3ccc(C(=O)C4CC4)cc3)ccc21. The fourth-order valence-corrected chi connectivity index (χ4v) is 4.41. The number of carbonyl (C=O) groups excluding carboxylic acids is 2. The summed E-state index contributed by atoms with van der Waals surface area (Å²) in [7, 11) is -2.06. The molecule has 7 heteroatoms. The standard InChI is InChI=1S/C20H20N2O4S/c1-22-18-10-9-17(12-15(18)6-11-19(22)23)27(25,26)21-16-7-4-14(5-8-16)20(24)13-2-3-13/h4-5,7-10,12-13,21H,2-3,6,11H2,1H3. The van der Waals surface area contributed by atoms with Crippen molar-refractivity contribution in [3.05, 3.63) is 53.6 Å². The van der Waals surface area contributed by atoms with Gasteiger partial charge in [-0.15, -0.1) is 0 Å². The molecule has 1 fully saturated rings. The first-order valence-corrected chi connectivity index (χ1v) is 10.4. The van der Waals surface area contributed by atoms with Crippen molar-refractivity contribution in [2.45, 2.75) is 30.6 Å². The first-order valence-electron chi connectivity index (χ1n) is 8.92.